The van der Waals surface area contributed by atoms with Gasteiger partial charge in [0.25, 0.3) is 0 Å². The van der Waals surface area contributed by atoms with E-state index in [1.165, 1.54) is 4.90 Å². The Hall–Kier alpha value is -0.770. The van der Waals surface area contributed by atoms with Crippen LogP contribution in [0.3, 0.4) is 0 Å². The monoisotopic (exact) mass is 215 g/mol. The lowest BCUT2D eigenvalue weighted by Crippen LogP contribution is -2.53. The van der Waals surface area contributed by atoms with E-state index in [0.29, 0.717) is 6.54 Å². The van der Waals surface area contributed by atoms with Gasteiger partial charge in [-0.1, -0.05) is 6.42 Å². The number of hydrogen-bond donors (Lipinski definition) is 2. The van der Waals surface area contributed by atoms with Crippen LogP contribution in [0.5, 0.6) is 0 Å². The van der Waals surface area contributed by atoms with Crippen molar-refractivity contribution < 1.29 is 15.0 Å². The SMILES string of the molecule is CC(C)(C)N(CC1(CO)CCC1)C(=O)O. The molecule has 15 heavy (non-hydrogen) atoms. The summed E-state index contributed by atoms with van der Waals surface area (Å²) in [6.07, 6.45) is 2.06. The zero-order valence-corrected chi connectivity index (χ0v) is 9.79. The molecule has 0 aliphatic heterocycles. The molecule has 0 heterocycles. The zero-order valence-electron chi connectivity index (χ0n) is 9.79. The molecule has 0 bridgehead atoms. The van der Waals surface area contributed by atoms with Crippen LogP contribution < -0.4 is 0 Å². The number of nitrogens with zero attached hydrogens (tertiary/aromatic N) is 1. The first-order valence-corrected chi connectivity index (χ1v) is 5.42. The number of rotatable bonds is 3. The molecular weight excluding hydrogens is 194 g/mol. The van der Waals surface area contributed by atoms with Gasteiger partial charge in [0, 0.05) is 17.5 Å². The van der Waals surface area contributed by atoms with Crippen LogP contribution in [0.2, 0.25) is 0 Å². The average molecular weight is 215 g/mol. The molecule has 0 radical (unpaired) electrons. The Morgan fingerprint density at radius 2 is 1.93 bits per heavy atom. The van der Waals surface area contributed by atoms with E-state index in [2.05, 4.69) is 0 Å². The molecule has 1 aliphatic rings. The molecule has 88 valence electrons. The van der Waals surface area contributed by atoms with Gasteiger partial charge >= 0.3 is 6.09 Å². The van der Waals surface area contributed by atoms with E-state index in [1.54, 1.807) is 0 Å². The third kappa shape index (κ3) is 2.62. The highest BCUT2D eigenvalue weighted by molar-refractivity contribution is 5.66. The van der Waals surface area contributed by atoms with Crippen molar-refractivity contribution in [1.29, 1.82) is 0 Å². The first kappa shape index (κ1) is 12.3. The summed E-state index contributed by atoms with van der Waals surface area (Å²) >= 11 is 0. The molecule has 1 saturated carbocycles. The molecule has 0 saturated heterocycles. The largest absolute Gasteiger partial charge is 0.465 e. The van der Waals surface area contributed by atoms with Gasteiger partial charge in [-0.25, -0.2) is 4.79 Å². The molecule has 0 atom stereocenters. The van der Waals surface area contributed by atoms with E-state index in [4.69, 9.17) is 5.11 Å². The molecule has 2 N–H and O–H groups in total. The van der Waals surface area contributed by atoms with Crippen molar-refractivity contribution in [2.75, 3.05) is 13.2 Å². The van der Waals surface area contributed by atoms with Crippen LogP contribution in [-0.4, -0.2) is 39.9 Å². The maximum Gasteiger partial charge on any atom is 0.407 e. The molecule has 1 fully saturated rings. The molecular formula is C11H21NO3. The van der Waals surface area contributed by atoms with E-state index in [-0.39, 0.29) is 12.0 Å². The summed E-state index contributed by atoms with van der Waals surface area (Å²) in [6.45, 7) is 6.18. The van der Waals surface area contributed by atoms with Gasteiger partial charge in [0.15, 0.2) is 0 Å². The summed E-state index contributed by atoms with van der Waals surface area (Å²) in [5.74, 6) is 0. The smallest absolute Gasteiger partial charge is 0.407 e. The second kappa shape index (κ2) is 4.00. The Kier molecular flexibility index (Phi) is 3.28. The number of aliphatic hydroxyl groups is 1. The summed E-state index contributed by atoms with van der Waals surface area (Å²) in [6, 6.07) is 0. The van der Waals surface area contributed by atoms with Gasteiger partial charge in [0.1, 0.15) is 0 Å². The predicted octanol–water partition coefficient (Wildman–Crippen LogP) is 1.93. The van der Waals surface area contributed by atoms with Crippen molar-refractivity contribution in [1.82, 2.24) is 4.90 Å². The highest BCUT2D eigenvalue weighted by atomic mass is 16.4. The van der Waals surface area contributed by atoms with Gasteiger partial charge in [-0.05, 0) is 33.6 Å². The Bertz CT molecular complexity index is 235. The minimum atomic E-state index is -0.901. The quantitative estimate of drug-likeness (QED) is 0.756. The number of hydrogen-bond acceptors (Lipinski definition) is 2. The van der Waals surface area contributed by atoms with E-state index >= 15 is 0 Å². The molecule has 4 heteroatoms. The minimum absolute atomic E-state index is 0.0901. The number of amides is 1. The van der Waals surface area contributed by atoms with Gasteiger partial charge in [0.2, 0.25) is 0 Å². The Morgan fingerprint density at radius 1 is 1.40 bits per heavy atom. The molecule has 1 amide bonds. The summed E-state index contributed by atoms with van der Waals surface area (Å²) in [5.41, 5.74) is -0.574. The highest BCUT2D eigenvalue weighted by Crippen LogP contribution is 2.42. The molecule has 0 aromatic rings. The Balaban J connectivity index is 2.71. The molecule has 4 nitrogen and oxygen atoms in total. The second-order valence-electron chi connectivity index (χ2n) is 5.55. The van der Waals surface area contributed by atoms with E-state index in [1.807, 2.05) is 20.8 Å². The van der Waals surface area contributed by atoms with Crippen LogP contribution in [0.15, 0.2) is 0 Å². The Labute approximate surface area is 90.9 Å². The van der Waals surface area contributed by atoms with Crippen LogP contribution in [0.25, 0.3) is 0 Å². The van der Waals surface area contributed by atoms with E-state index in [9.17, 15) is 9.90 Å². The van der Waals surface area contributed by atoms with Crippen molar-refractivity contribution in [3.8, 4) is 0 Å². The van der Waals surface area contributed by atoms with Crippen molar-refractivity contribution in [2.45, 2.75) is 45.6 Å². The zero-order chi connectivity index (χ0) is 11.7. The highest BCUT2D eigenvalue weighted by Gasteiger charge is 2.41. The third-order valence-corrected chi connectivity index (χ3v) is 3.28. The topological polar surface area (TPSA) is 60.8 Å². The number of aliphatic hydroxyl groups excluding tert-OH is 1. The van der Waals surface area contributed by atoms with Crippen LogP contribution in [-0.2, 0) is 0 Å². The van der Waals surface area contributed by atoms with Gasteiger partial charge in [-0.2, -0.15) is 0 Å². The summed E-state index contributed by atoms with van der Waals surface area (Å²) < 4.78 is 0. The lowest BCUT2D eigenvalue weighted by atomic mass is 9.68. The summed E-state index contributed by atoms with van der Waals surface area (Å²) in [4.78, 5) is 12.6. The van der Waals surface area contributed by atoms with Crippen molar-refractivity contribution in [2.24, 2.45) is 5.41 Å². The van der Waals surface area contributed by atoms with Gasteiger partial charge < -0.3 is 15.1 Å². The predicted molar refractivity (Wildman–Crippen MR) is 57.9 cm³/mol. The fraction of sp³-hybridized carbons (Fsp3) is 0.909. The van der Waals surface area contributed by atoms with Gasteiger partial charge in [0.05, 0.1) is 6.61 Å². The average Bonchev–Trinajstić information content (AvgIpc) is 2.00. The summed E-state index contributed by atoms with van der Waals surface area (Å²) in [7, 11) is 0. The van der Waals surface area contributed by atoms with Crippen molar-refractivity contribution in [3.63, 3.8) is 0 Å². The molecule has 1 aliphatic carbocycles. The maximum atomic E-state index is 11.1. The van der Waals surface area contributed by atoms with Crippen molar-refractivity contribution >= 4 is 6.09 Å². The number of carboxylic acid groups (broad SMARTS) is 1. The van der Waals surface area contributed by atoms with E-state index < -0.39 is 11.6 Å². The van der Waals surface area contributed by atoms with Crippen molar-refractivity contribution in [3.05, 3.63) is 0 Å². The van der Waals surface area contributed by atoms with Crippen LogP contribution in [0, 0.1) is 5.41 Å². The van der Waals surface area contributed by atoms with Gasteiger partial charge in [-0.15, -0.1) is 0 Å². The lowest BCUT2D eigenvalue weighted by Gasteiger charge is -2.46. The molecule has 0 aromatic heterocycles. The number of carbonyl (C=O) groups is 1. The molecule has 1 rings (SSSR count). The first-order chi connectivity index (χ1) is 6.81. The summed E-state index contributed by atoms with van der Waals surface area (Å²) in [5, 5.41) is 18.4. The molecule has 0 aromatic carbocycles. The van der Waals surface area contributed by atoms with E-state index in [0.717, 1.165) is 19.3 Å². The van der Waals surface area contributed by atoms with Crippen LogP contribution in [0.1, 0.15) is 40.0 Å². The maximum absolute atomic E-state index is 11.1. The fourth-order valence-electron chi connectivity index (χ4n) is 1.97. The normalized spacial score (nSPS) is 19.5. The standard InChI is InChI=1S/C11H21NO3/c1-10(2,3)12(9(14)15)7-11(8-13)5-4-6-11/h13H,4-8H2,1-3H3,(H,14,15). The lowest BCUT2D eigenvalue weighted by molar-refractivity contribution is -0.0113. The first-order valence-electron chi connectivity index (χ1n) is 5.42. The second-order valence-corrected chi connectivity index (χ2v) is 5.55. The fourth-order valence-corrected chi connectivity index (χ4v) is 1.97. The Morgan fingerprint density at radius 3 is 2.13 bits per heavy atom. The van der Waals surface area contributed by atoms with Gasteiger partial charge in [-0.3, -0.25) is 0 Å². The van der Waals surface area contributed by atoms with Crippen LogP contribution in [0.4, 0.5) is 4.79 Å². The minimum Gasteiger partial charge on any atom is -0.465 e. The van der Waals surface area contributed by atoms with Crippen LogP contribution >= 0.6 is 0 Å². The molecule has 0 unspecified atom stereocenters. The third-order valence-electron chi connectivity index (χ3n) is 3.28. The molecule has 0 spiro atoms.